The molecule has 1 atom stereocenters. The standard InChI is InChI=1S/C15H24N2O/c1-4-17(12(2)11-18-3)14-9-5-7-13-8-6-10-16-15(13)14/h5,7,9,12,16H,4,6,8,10-11H2,1-3H3. The lowest BCUT2D eigenvalue weighted by atomic mass is 10.0. The van der Waals surface area contributed by atoms with Gasteiger partial charge in [-0.1, -0.05) is 12.1 Å². The summed E-state index contributed by atoms with van der Waals surface area (Å²) in [5, 5.41) is 3.56. The van der Waals surface area contributed by atoms with Gasteiger partial charge in [0.25, 0.3) is 0 Å². The number of nitrogens with zero attached hydrogens (tertiary/aromatic N) is 1. The number of fused-ring (bicyclic) bond motifs is 1. The fourth-order valence-corrected chi connectivity index (χ4v) is 2.78. The summed E-state index contributed by atoms with van der Waals surface area (Å²) in [5.41, 5.74) is 4.09. The number of nitrogens with one attached hydrogen (secondary N) is 1. The van der Waals surface area contributed by atoms with Gasteiger partial charge in [0, 0.05) is 26.2 Å². The summed E-state index contributed by atoms with van der Waals surface area (Å²) in [6.45, 7) is 7.27. The molecule has 2 rings (SSSR count). The SMILES string of the molecule is CCN(c1cccc2c1NCCC2)C(C)COC. The van der Waals surface area contributed by atoms with E-state index in [9.17, 15) is 0 Å². The van der Waals surface area contributed by atoms with Gasteiger partial charge in [0.15, 0.2) is 0 Å². The van der Waals surface area contributed by atoms with Crippen molar-refractivity contribution in [1.82, 2.24) is 0 Å². The van der Waals surface area contributed by atoms with E-state index in [1.54, 1.807) is 7.11 Å². The van der Waals surface area contributed by atoms with Crippen molar-refractivity contribution in [3.05, 3.63) is 23.8 Å². The molecule has 1 aromatic rings. The molecule has 3 nitrogen and oxygen atoms in total. The van der Waals surface area contributed by atoms with Gasteiger partial charge >= 0.3 is 0 Å². The Hall–Kier alpha value is -1.22. The van der Waals surface area contributed by atoms with Crippen LogP contribution in [0.2, 0.25) is 0 Å². The quantitative estimate of drug-likeness (QED) is 0.867. The molecule has 0 radical (unpaired) electrons. The van der Waals surface area contributed by atoms with Crippen LogP contribution in [0, 0.1) is 0 Å². The van der Waals surface area contributed by atoms with Crippen molar-refractivity contribution in [2.45, 2.75) is 32.7 Å². The van der Waals surface area contributed by atoms with Gasteiger partial charge < -0.3 is 15.0 Å². The van der Waals surface area contributed by atoms with Gasteiger partial charge in [-0.15, -0.1) is 0 Å². The Balaban J connectivity index is 2.30. The number of anilines is 2. The molecule has 0 amide bonds. The molecule has 1 heterocycles. The van der Waals surface area contributed by atoms with Crippen LogP contribution in [0.4, 0.5) is 11.4 Å². The number of rotatable bonds is 5. The molecule has 0 aromatic heterocycles. The van der Waals surface area contributed by atoms with Crippen LogP contribution in [0.1, 0.15) is 25.8 Å². The summed E-state index contributed by atoms with van der Waals surface area (Å²) >= 11 is 0. The zero-order valence-corrected chi connectivity index (χ0v) is 11.7. The summed E-state index contributed by atoms with van der Waals surface area (Å²) in [7, 11) is 1.77. The monoisotopic (exact) mass is 248 g/mol. The predicted molar refractivity (Wildman–Crippen MR) is 77.6 cm³/mol. The second-order valence-corrected chi connectivity index (χ2v) is 4.93. The summed E-state index contributed by atoms with van der Waals surface area (Å²) in [4.78, 5) is 2.42. The average Bonchev–Trinajstić information content (AvgIpc) is 2.40. The third kappa shape index (κ3) is 2.61. The normalized spacial score (nSPS) is 15.7. The van der Waals surface area contributed by atoms with Gasteiger partial charge in [-0.3, -0.25) is 0 Å². The molecule has 1 N–H and O–H groups in total. The number of para-hydroxylation sites is 1. The zero-order chi connectivity index (χ0) is 13.0. The molecule has 3 heteroatoms. The van der Waals surface area contributed by atoms with Crippen LogP contribution in [-0.4, -0.2) is 32.8 Å². The molecule has 0 bridgehead atoms. The largest absolute Gasteiger partial charge is 0.383 e. The van der Waals surface area contributed by atoms with Gasteiger partial charge in [0.1, 0.15) is 0 Å². The Morgan fingerprint density at radius 1 is 1.44 bits per heavy atom. The molecular weight excluding hydrogens is 224 g/mol. The lowest BCUT2D eigenvalue weighted by Crippen LogP contribution is -2.37. The maximum absolute atomic E-state index is 5.29. The highest BCUT2D eigenvalue weighted by Gasteiger charge is 2.19. The minimum atomic E-state index is 0.398. The van der Waals surface area contributed by atoms with Crippen molar-refractivity contribution >= 4 is 11.4 Å². The van der Waals surface area contributed by atoms with Crippen LogP contribution < -0.4 is 10.2 Å². The highest BCUT2D eigenvalue weighted by atomic mass is 16.5. The fraction of sp³-hybridized carbons (Fsp3) is 0.600. The van der Waals surface area contributed by atoms with Gasteiger partial charge in [0.05, 0.1) is 18.0 Å². The summed E-state index contributed by atoms with van der Waals surface area (Å²) < 4.78 is 5.29. The molecule has 18 heavy (non-hydrogen) atoms. The lowest BCUT2D eigenvalue weighted by molar-refractivity contribution is 0.182. The van der Waals surface area contributed by atoms with E-state index in [0.29, 0.717) is 6.04 Å². The minimum Gasteiger partial charge on any atom is -0.383 e. The smallest absolute Gasteiger partial charge is 0.0663 e. The molecule has 0 fully saturated rings. The second kappa shape index (κ2) is 6.10. The third-order valence-corrected chi connectivity index (χ3v) is 3.64. The summed E-state index contributed by atoms with van der Waals surface area (Å²) in [5.74, 6) is 0. The number of ether oxygens (including phenoxy) is 1. The molecule has 0 saturated carbocycles. The van der Waals surface area contributed by atoms with E-state index < -0.39 is 0 Å². The highest BCUT2D eigenvalue weighted by molar-refractivity contribution is 5.74. The van der Waals surface area contributed by atoms with Crippen LogP contribution in [0.25, 0.3) is 0 Å². The van der Waals surface area contributed by atoms with Gasteiger partial charge in [-0.2, -0.15) is 0 Å². The maximum atomic E-state index is 5.29. The molecule has 0 saturated heterocycles. The van der Waals surface area contributed by atoms with Crippen molar-refractivity contribution in [1.29, 1.82) is 0 Å². The topological polar surface area (TPSA) is 24.5 Å². The second-order valence-electron chi connectivity index (χ2n) is 4.93. The molecule has 1 aromatic carbocycles. The molecule has 0 aliphatic carbocycles. The number of aryl methyl sites for hydroxylation is 1. The van der Waals surface area contributed by atoms with Gasteiger partial charge in [-0.05, 0) is 38.3 Å². The Morgan fingerprint density at radius 3 is 3.00 bits per heavy atom. The third-order valence-electron chi connectivity index (χ3n) is 3.64. The van der Waals surface area contributed by atoms with Gasteiger partial charge in [0.2, 0.25) is 0 Å². The summed E-state index contributed by atoms with van der Waals surface area (Å²) in [6.07, 6.45) is 2.42. The van der Waals surface area contributed by atoms with Crippen molar-refractivity contribution in [3.63, 3.8) is 0 Å². The van der Waals surface area contributed by atoms with Crippen LogP contribution in [-0.2, 0) is 11.2 Å². The molecule has 100 valence electrons. The van der Waals surface area contributed by atoms with Gasteiger partial charge in [-0.25, -0.2) is 0 Å². The summed E-state index contributed by atoms with van der Waals surface area (Å²) in [6, 6.07) is 7.02. The minimum absolute atomic E-state index is 0.398. The zero-order valence-electron chi connectivity index (χ0n) is 11.7. The number of hydrogen-bond acceptors (Lipinski definition) is 3. The van der Waals surface area contributed by atoms with E-state index >= 15 is 0 Å². The molecule has 0 spiro atoms. The average molecular weight is 248 g/mol. The Labute approximate surface area is 110 Å². The van der Waals surface area contributed by atoms with Crippen molar-refractivity contribution in [2.24, 2.45) is 0 Å². The first-order chi connectivity index (χ1) is 8.77. The number of likely N-dealkylation sites (N-methyl/N-ethyl adjacent to an activating group) is 1. The number of hydrogen-bond donors (Lipinski definition) is 1. The first kappa shape index (κ1) is 13.2. The lowest BCUT2D eigenvalue weighted by Gasteiger charge is -2.33. The first-order valence-corrected chi connectivity index (χ1v) is 6.89. The van der Waals surface area contributed by atoms with Crippen molar-refractivity contribution in [3.8, 4) is 0 Å². The highest BCUT2D eigenvalue weighted by Crippen LogP contribution is 2.33. The van der Waals surface area contributed by atoms with Crippen LogP contribution in [0.5, 0.6) is 0 Å². The van der Waals surface area contributed by atoms with E-state index in [0.717, 1.165) is 19.7 Å². The van der Waals surface area contributed by atoms with E-state index in [1.807, 2.05) is 0 Å². The van der Waals surface area contributed by atoms with Crippen LogP contribution in [0.15, 0.2) is 18.2 Å². The van der Waals surface area contributed by atoms with E-state index in [1.165, 1.54) is 29.8 Å². The van der Waals surface area contributed by atoms with Crippen LogP contribution in [0.3, 0.4) is 0 Å². The van der Waals surface area contributed by atoms with Crippen molar-refractivity contribution < 1.29 is 4.74 Å². The number of methoxy groups -OCH3 is 1. The fourth-order valence-electron chi connectivity index (χ4n) is 2.78. The molecule has 1 aliphatic rings. The Kier molecular flexibility index (Phi) is 4.48. The molecule has 1 unspecified atom stereocenters. The molecule has 1 aliphatic heterocycles. The van der Waals surface area contributed by atoms with E-state index in [4.69, 9.17) is 4.74 Å². The molecular formula is C15H24N2O. The van der Waals surface area contributed by atoms with Crippen molar-refractivity contribution in [2.75, 3.05) is 37.0 Å². The van der Waals surface area contributed by atoms with Crippen LogP contribution >= 0.6 is 0 Å². The Morgan fingerprint density at radius 2 is 2.28 bits per heavy atom. The number of benzene rings is 1. The maximum Gasteiger partial charge on any atom is 0.0663 e. The predicted octanol–water partition coefficient (Wildman–Crippen LogP) is 2.91. The van der Waals surface area contributed by atoms with E-state index in [2.05, 4.69) is 42.3 Å². The Bertz CT molecular complexity index is 392. The van der Waals surface area contributed by atoms with E-state index in [-0.39, 0.29) is 0 Å². The first-order valence-electron chi connectivity index (χ1n) is 6.89.